The number of benzene rings is 2. The highest BCUT2D eigenvalue weighted by Gasteiger charge is 2.26. The molecule has 160 valence electrons. The number of thiazole rings is 1. The Kier molecular flexibility index (Phi) is 6.79. The normalized spacial score (nSPS) is 14.6. The molecule has 6 nitrogen and oxygen atoms in total. The van der Waals surface area contributed by atoms with Crippen LogP contribution in [0.2, 0.25) is 0 Å². The van der Waals surface area contributed by atoms with Gasteiger partial charge in [-0.05, 0) is 23.8 Å². The van der Waals surface area contributed by atoms with Crippen LogP contribution in [0.4, 0.5) is 5.13 Å². The van der Waals surface area contributed by atoms with Crippen LogP contribution in [0.1, 0.15) is 21.6 Å². The predicted octanol–water partition coefficient (Wildman–Crippen LogP) is 4.96. The Balaban J connectivity index is 1.48. The number of hydrogen-bond acceptors (Lipinski definition) is 7. The van der Waals surface area contributed by atoms with Crippen molar-refractivity contribution < 1.29 is 14.3 Å². The average Bonchev–Trinajstić information content (AvgIpc) is 3.47. The summed E-state index contributed by atoms with van der Waals surface area (Å²) >= 11 is 3.21. The molecule has 1 fully saturated rings. The van der Waals surface area contributed by atoms with Gasteiger partial charge in [0.1, 0.15) is 11.5 Å². The van der Waals surface area contributed by atoms with Gasteiger partial charge in [-0.2, -0.15) is 0 Å². The van der Waals surface area contributed by atoms with E-state index in [2.05, 4.69) is 22.4 Å². The van der Waals surface area contributed by atoms with E-state index in [1.165, 1.54) is 5.56 Å². The summed E-state index contributed by atoms with van der Waals surface area (Å²) < 4.78 is 10.6. The Morgan fingerprint density at radius 3 is 2.61 bits per heavy atom. The van der Waals surface area contributed by atoms with Crippen molar-refractivity contribution in [3.63, 3.8) is 0 Å². The number of amides is 1. The molecule has 1 N–H and O–H groups in total. The molecule has 8 heteroatoms. The molecule has 4 rings (SSSR count). The number of carbonyl (C=O) groups is 1. The summed E-state index contributed by atoms with van der Waals surface area (Å²) in [6.45, 7) is 1.37. The molecule has 1 aromatic heterocycles. The van der Waals surface area contributed by atoms with Crippen LogP contribution < -0.4 is 14.8 Å². The number of carbonyl (C=O) groups excluding carboxylic acids is 1. The Morgan fingerprint density at radius 1 is 1.16 bits per heavy atom. The molecular weight excluding hydrogens is 430 g/mol. The minimum atomic E-state index is -0.0777. The molecule has 0 atom stereocenters. The summed E-state index contributed by atoms with van der Waals surface area (Å²) in [5.74, 6) is 1.95. The van der Waals surface area contributed by atoms with Crippen molar-refractivity contribution in [2.24, 2.45) is 0 Å². The van der Waals surface area contributed by atoms with Crippen LogP contribution in [0.3, 0.4) is 0 Å². The molecule has 0 spiro atoms. The summed E-state index contributed by atoms with van der Waals surface area (Å²) in [7, 11) is 3.15. The van der Waals surface area contributed by atoms with Crippen molar-refractivity contribution in [1.29, 1.82) is 0 Å². The highest BCUT2D eigenvalue weighted by molar-refractivity contribution is 8.03. The van der Waals surface area contributed by atoms with Crippen LogP contribution >= 0.6 is 23.1 Å². The highest BCUT2D eigenvalue weighted by Crippen LogP contribution is 2.33. The number of methoxy groups -OCH3 is 2. The van der Waals surface area contributed by atoms with Gasteiger partial charge in [0.05, 0.1) is 24.9 Å². The first-order chi connectivity index (χ1) is 15.2. The molecule has 2 aromatic carbocycles. The van der Waals surface area contributed by atoms with Gasteiger partial charge >= 0.3 is 0 Å². The zero-order valence-corrected chi connectivity index (χ0v) is 19.0. The standard InChI is InChI=1S/C23H23N3O3S2/c1-28-19-10-17(11-20(13-19)29-2)22(27)26-8-9-30-21(26)12-18-15-31-23(25-18)24-14-16-6-4-3-5-7-16/h3-7,10-13,15H,8-9,14H2,1-2H3,(H,24,25)/b21-12+. The zero-order chi connectivity index (χ0) is 21.6. The fourth-order valence-electron chi connectivity index (χ4n) is 3.17. The van der Waals surface area contributed by atoms with E-state index < -0.39 is 0 Å². The minimum Gasteiger partial charge on any atom is -0.497 e. The summed E-state index contributed by atoms with van der Waals surface area (Å²) in [5, 5.41) is 7.10. The maximum Gasteiger partial charge on any atom is 0.258 e. The first-order valence-electron chi connectivity index (χ1n) is 9.79. The smallest absolute Gasteiger partial charge is 0.258 e. The summed E-state index contributed by atoms with van der Waals surface area (Å²) in [6.07, 6.45) is 1.97. The third-order valence-corrected chi connectivity index (χ3v) is 6.59. The van der Waals surface area contributed by atoms with Gasteiger partial charge in [-0.3, -0.25) is 4.79 Å². The van der Waals surface area contributed by atoms with E-state index in [-0.39, 0.29) is 5.91 Å². The number of aromatic nitrogens is 1. The van der Waals surface area contributed by atoms with Gasteiger partial charge in [0.25, 0.3) is 5.91 Å². The van der Waals surface area contributed by atoms with Crippen LogP contribution in [0.15, 0.2) is 58.9 Å². The Bertz CT molecular complexity index is 1060. The molecule has 0 saturated carbocycles. The number of ether oxygens (including phenoxy) is 2. The van der Waals surface area contributed by atoms with Crippen molar-refractivity contribution in [3.8, 4) is 11.5 Å². The maximum atomic E-state index is 13.2. The molecule has 1 aliphatic rings. The molecule has 1 aliphatic heterocycles. The molecule has 1 amide bonds. The Morgan fingerprint density at radius 2 is 1.90 bits per heavy atom. The summed E-state index contributed by atoms with van der Waals surface area (Å²) in [4.78, 5) is 19.6. The van der Waals surface area contributed by atoms with E-state index in [0.717, 1.165) is 28.2 Å². The van der Waals surface area contributed by atoms with Gasteiger partial charge in [0.15, 0.2) is 5.13 Å². The van der Waals surface area contributed by atoms with E-state index in [0.29, 0.717) is 23.6 Å². The Labute approximate surface area is 189 Å². The van der Waals surface area contributed by atoms with Crippen molar-refractivity contribution in [2.75, 3.05) is 31.8 Å². The third kappa shape index (κ3) is 5.21. The molecule has 0 bridgehead atoms. The minimum absolute atomic E-state index is 0.0777. The van der Waals surface area contributed by atoms with Gasteiger partial charge in [0.2, 0.25) is 0 Å². The quantitative estimate of drug-likeness (QED) is 0.546. The van der Waals surface area contributed by atoms with Crippen LogP contribution in [0, 0.1) is 0 Å². The molecule has 0 aliphatic carbocycles. The van der Waals surface area contributed by atoms with Crippen molar-refractivity contribution in [2.45, 2.75) is 6.54 Å². The lowest BCUT2D eigenvalue weighted by atomic mass is 10.1. The summed E-state index contributed by atoms with van der Waals surface area (Å²) in [6, 6.07) is 15.4. The van der Waals surface area contributed by atoms with Gasteiger partial charge in [-0.1, -0.05) is 30.3 Å². The van der Waals surface area contributed by atoms with E-state index in [1.807, 2.05) is 29.7 Å². The zero-order valence-electron chi connectivity index (χ0n) is 17.3. The topological polar surface area (TPSA) is 63.7 Å². The second kappa shape index (κ2) is 9.89. The van der Waals surface area contributed by atoms with Crippen molar-refractivity contribution >= 4 is 40.2 Å². The number of hydrogen-bond donors (Lipinski definition) is 1. The lowest BCUT2D eigenvalue weighted by molar-refractivity contribution is 0.0830. The number of thioether (sulfide) groups is 1. The number of nitrogens with one attached hydrogen (secondary N) is 1. The molecular formula is C23H23N3O3S2. The van der Waals surface area contributed by atoms with Crippen LogP contribution in [0.25, 0.3) is 6.08 Å². The highest BCUT2D eigenvalue weighted by atomic mass is 32.2. The lowest BCUT2D eigenvalue weighted by Gasteiger charge is -2.18. The van der Waals surface area contributed by atoms with Crippen LogP contribution in [-0.2, 0) is 6.54 Å². The molecule has 0 unspecified atom stereocenters. The molecule has 2 heterocycles. The van der Waals surface area contributed by atoms with E-state index in [4.69, 9.17) is 9.47 Å². The Hall–Kier alpha value is -2.97. The fraction of sp³-hybridized carbons (Fsp3) is 0.217. The van der Waals surface area contributed by atoms with E-state index >= 15 is 0 Å². The number of anilines is 1. The van der Waals surface area contributed by atoms with E-state index in [1.54, 1.807) is 60.4 Å². The molecule has 0 radical (unpaired) electrons. The number of rotatable bonds is 7. The van der Waals surface area contributed by atoms with Crippen molar-refractivity contribution in [3.05, 3.63) is 75.8 Å². The average molecular weight is 454 g/mol. The van der Waals surface area contributed by atoms with E-state index in [9.17, 15) is 4.79 Å². The first kappa shape index (κ1) is 21.3. The van der Waals surface area contributed by atoms with Gasteiger partial charge < -0.3 is 19.7 Å². The van der Waals surface area contributed by atoms with Crippen LogP contribution in [-0.4, -0.2) is 42.3 Å². The van der Waals surface area contributed by atoms with Gasteiger partial charge in [-0.15, -0.1) is 23.1 Å². The number of nitrogens with zero attached hydrogens (tertiary/aromatic N) is 2. The van der Waals surface area contributed by atoms with Gasteiger partial charge in [-0.25, -0.2) is 4.98 Å². The second-order valence-corrected chi connectivity index (χ2v) is 8.78. The predicted molar refractivity (Wildman–Crippen MR) is 127 cm³/mol. The molecule has 31 heavy (non-hydrogen) atoms. The largest absolute Gasteiger partial charge is 0.497 e. The fourth-order valence-corrected chi connectivity index (χ4v) is 4.86. The molecule has 3 aromatic rings. The SMILES string of the molecule is COc1cc(OC)cc(C(=O)N2CCS/C2=C/c2csc(NCc3ccccc3)n2)c1. The monoisotopic (exact) mass is 453 g/mol. The second-order valence-electron chi connectivity index (χ2n) is 6.81. The van der Waals surface area contributed by atoms with Gasteiger partial charge in [0, 0.05) is 35.9 Å². The first-order valence-corrected chi connectivity index (χ1v) is 11.7. The lowest BCUT2D eigenvalue weighted by Crippen LogP contribution is -2.26. The van der Waals surface area contributed by atoms with Crippen molar-refractivity contribution in [1.82, 2.24) is 9.88 Å². The summed E-state index contributed by atoms with van der Waals surface area (Å²) in [5.41, 5.74) is 2.58. The molecule has 1 saturated heterocycles. The third-order valence-electron chi connectivity index (χ3n) is 4.75. The maximum absolute atomic E-state index is 13.2. The van der Waals surface area contributed by atoms with Crippen LogP contribution in [0.5, 0.6) is 11.5 Å².